The molecule has 5 nitrogen and oxygen atoms in total. The van der Waals surface area contributed by atoms with Gasteiger partial charge in [0, 0.05) is 0 Å². The zero-order valence-corrected chi connectivity index (χ0v) is 13.1. The van der Waals surface area contributed by atoms with E-state index in [1.54, 1.807) is 24.3 Å². The molecule has 3 aromatic rings. The van der Waals surface area contributed by atoms with Gasteiger partial charge in [-0.05, 0) is 24.3 Å². The summed E-state index contributed by atoms with van der Waals surface area (Å²) in [5, 5.41) is 2.90. The number of benzene rings is 2. The number of aromatic nitrogens is 1. The molecule has 0 fully saturated rings. The normalized spacial score (nSPS) is 11.0. The molecule has 0 unspecified atom stereocenters. The highest BCUT2D eigenvalue weighted by Crippen LogP contribution is 2.27. The predicted molar refractivity (Wildman–Crippen MR) is 86.4 cm³/mol. The van der Waals surface area contributed by atoms with Gasteiger partial charge in [0.15, 0.2) is 5.58 Å². The van der Waals surface area contributed by atoms with Gasteiger partial charge in [0.25, 0.3) is 5.22 Å². The molecule has 124 valence electrons. The standard InChI is InChI=1S/C16H12F2N2O3S/c17-15(18)22-12-7-3-1-5-10(12)19-14(21)9-24-16-20-11-6-2-4-8-13(11)23-16/h1-8,15H,9H2,(H,19,21). The molecule has 0 spiro atoms. The van der Waals surface area contributed by atoms with E-state index in [-0.39, 0.29) is 23.1 Å². The van der Waals surface area contributed by atoms with Crippen LogP contribution >= 0.6 is 11.8 Å². The molecular formula is C16H12F2N2O3S. The van der Waals surface area contributed by atoms with Gasteiger partial charge in [-0.2, -0.15) is 8.78 Å². The molecular weight excluding hydrogens is 338 g/mol. The molecule has 2 aromatic carbocycles. The Kier molecular flexibility index (Phi) is 4.95. The number of fused-ring (bicyclic) bond motifs is 1. The molecule has 0 radical (unpaired) electrons. The number of alkyl halides is 2. The minimum atomic E-state index is -2.96. The first-order valence-electron chi connectivity index (χ1n) is 6.94. The molecule has 1 amide bonds. The smallest absolute Gasteiger partial charge is 0.387 e. The Labute approximate surface area is 140 Å². The fourth-order valence-corrected chi connectivity index (χ4v) is 2.63. The van der Waals surface area contributed by atoms with E-state index in [4.69, 9.17) is 4.42 Å². The number of amides is 1. The third-order valence-corrected chi connectivity index (χ3v) is 3.81. The fourth-order valence-electron chi connectivity index (χ4n) is 2.00. The van der Waals surface area contributed by atoms with Crippen LogP contribution in [0.2, 0.25) is 0 Å². The highest BCUT2D eigenvalue weighted by atomic mass is 32.2. The zero-order chi connectivity index (χ0) is 16.9. The van der Waals surface area contributed by atoms with E-state index < -0.39 is 6.61 Å². The van der Waals surface area contributed by atoms with Gasteiger partial charge >= 0.3 is 6.61 Å². The van der Waals surface area contributed by atoms with Crippen molar-refractivity contribution >= 4 is 34.5 Å². The molecule has 3 rings (SSSR count). The fraction of sp³-hybridized carbons (Fsp3) is 0.125. The van der Waals surface area contributed by atoms with Crippen LogP contribution in [-0.4, -0.2) is 23.3 Å². The van der Waals surface area contributed by atoms with Crippen molar-refractivity contribution < 1.29 is 22.7 Å². The number of ether oxygens (including phenoxy) is 1. The number of carbonyl (C=O) groups excluding carboxylic acids is 1. The van der Waals surface area contributed by atoms with Crippen LogP contribution in [0.15, 0.2) is 58.2 Å². The van der Waals surface area contributed by atoms with Crippen LogP contribution in [0.3, 0.4) is 0 Å². The Bertz CT molecular complexity index is 821. The number of halogens is 2. The van der Waals surface area contributed by atoms with E-state index in [0.717, 1.165) is 11.8 Å². The molecule has 0 atom stereocenters. The van der Waals surface area contributed by atoms with Crippen molar-refractivity contribution in [1.29, 1.82) is 0 Å². The molecule has 0 aliphatic carbocycles. The van der Waals surface area contributed by atoms with E-state index in [2.05, 4.69) is 15.0 Å². The minimum Gasteiger partial charge on any atom is -0.433 e. The van der Waals surface area contributed by atoms with Gasteiger partial charge < -0.3 is 14.5 Å². The number of anilines is 1. The first kappa shape index (κ1) is 16.3. The molecule has 8 heteroatoms. The summed E-state index contributed by atoms with van der Waals surface area (Å²) in [7, 11) is 0. The van der Waals surface area contributed by atoms with Crippen LogP contribution < -0.4 is 10.1 Å². The van der Waals surface area contributed by atoms with Crippen LogP contribution in [0.4, 0.5) is 14.5 Å². The van der Waals surface area contributed by atoms with Gasteiger partial charge in [0.2, 0.25) is 5.91 Å². The molecule has 1 aromatic heterocycles. The largest absolute Gasteiger partial charge is 0.433 e. The number of nitrogens with zero attached hydrogens (tertiary/aromatic N) is 1. The number of rotatable bonds is 6. The third-order valence-electron chi connectivity index (χ3n) is 2.98. The van der Waals surface area contributed by atoms with E-state index in [1.165, 1.54) is 12.1 Å². The summed E-state index contributed by atoms with van der Waals surface area (Å²) in [5.74, 6) is -0.448. The van der Waals surface area contributed by atoms with Crippen molar-refractivity contribution in [3.8, 4) is 5.75 Å². The lowest BCUT2D eigenvalue weighted by Gasteiger charge is -2.11. The molecule has 1 heterocycles. The topological polar surface area (TPSA) is 64.4 Å². The summed E-state index contributed by atoms with van der Waals surface area (Å²) in [6.45, 7) is -2.96. The summed E-state index contributed by atoms with van der Waals surface area (Å²) in [6, 6.07) is 13.3. The van der Waals surface area contributed by atoms with E-state index in [0.29, 0.717) is 16.3 Å². The van der Waals surface area contributed by atoms with Crippen LogP contribution in [0.1, 0.15) is 0 Å². The second-order valence-corrected chi connectivity index (χ2v) is 5.59. The molecule has 0 aliphatic heterocycles. The molecule has 24 heavy (non-hydrogen) atoms. The number of hydrogen-bond acceptors (Lipinski definition) is 5. The number of carbonyl (C=O) groups is 1. The van der Waals surface area contributed by atoms with Crippen LogP contribution in [0, 0.1) is 0 Å². The Hall–Kier alpha value is -2.61. The predicted octanol–water partition coefficient (Wildman–Crippen LogP) is 4.16. The molecule has 0 saturated carbocycles. The van der Waals surface area contributed by atoms with E-state index >= 15 is 0 Å². The number of para-hydroxylation sites is 4. The van der Waals surface area contributed by atoms with Gasteiger partial charge in [-0.1, -0.05) is 36.0 Å². The summed E-state index contributed by atoms with van der Waals surface area (Å²) in [6.07, 6.45) is 0. The summed E-state index contributed by atoms with van der Waals surface area (Å²) in [4.78, 5) is 16.2. The average Bonchev–Trinajstić information content (AvgIpc) is 2.97. The third kappa shape index (κ3) is 4.02. The Morgan fingerprint density at radius 1 is 1.21 bits per heavy atom. The first-order valence-corrected chi connectivity index (χ1v) is 7.92. The van der Waals surface area contributed by atoms with E-state index in [9.17, 15) is 13.6 Å². The van der Waals surface area contributed by atoms with Crippen molar-refractivity contribution in [3.63, 3.8) is 0 Å². The zero-order valence-electron chi connectivity index (χ0n) is 12.2. The minimum absolute atomic E-state index is 0.0236. The van der Waals surface area contributed by atoms with Crippen LogP contribution in [0.25, 0.3) is 11.1 Å². The molecule has 0 bridgehead atoms. The molecule has 0 aliphatic rings. The number of nitrogens with one attached hydrogen (secondary N) is 1. The summed E-state index contributed by atoms with van der Waals surface area (Å²) in [5.41, 5.74) is 1.52. The highest BCUT2D eigenvalue weighted by molar-refractivity contribution is 7.99. The van der Waals surface area contributed by atoms with Crippen molar-refractivity contribution in [3.05, 3.63) is 48.5 Å². The lowest BCUT2D eigenvalue weighted by molar-refractivity contribution is -0.113. The maximum Gasteiger partial charge on any atom is 0.387 e. The van der Waals surface area contributed by atoms with Crippen molar-refractivity contribution in [2.45, 2.75) is 11.8 Å². The quantitative estimate of drug-likeness (QED) is 0.676. The molecule has 0 saturated heterocycles. The summed E-state index contributed by atoms with van der Waals surface area (Å²) < 4.78 is 34.6. The Balaban J connectivity index is 1.61. The monoisotopic (exact) mass is 350 g/mol. The van der Waals surface area contributed by atoms with Gasteiger partial charge in [-0.15, -0.1) is 0 Å². The van der Waals surface area contributed by atoms with Crippen molar-refractivity contribution in [2.75, 3.05) is 11.1 Å². The lowest BCUT2D eigenvalue weighted by atomic mass is 10.3. The first-order chi connectivity index (χ1) is 11.6. The van der Waals surface area contributed by atoms with Gasteiger partial charge in [-0.25, -0.2) is 4.98 Å². The van der Waals surface area contributed by atoms with Gasteiger partial charge in [0.05, 0.1) is 11.4 Å². The van der Waals surface area contributed by atoms with Gasteiger partial charge in [-0.3, -0.25) is 4.79 Å². The highest BCUT2D eigenvalue weighted by Gasteiger charge is 2.13. The number of oxazole rings is 1. The lowest BCUT2D eigenvalue weighted by Crippen LogP contribution is -2.15. The van der Waals surface area contributed by atoms with Crippen molar-refractivity contribution in [1.82, 2.24) is 4.98 Å². The van der Waals surface area contributed by atoms with Crippen LogP contribution in [-0.2, 0) is 4.79 Å². The summed E-state index contributed by atoms with van der Waals surface area (Å²) >= 11 is 1.11. The maximum atomic E-state index is 12.3. The number of hydrogen-bond donors (Lipinski definition) is 1. The van der Waals surface area contributed by atoms with Gasteiger partial charge in [0.1, 0.15) is 11.3 Å². The van der Waals surface area contributed by atoms with Crippen molar-refractivity contribution in [2.24, 2.45) is 0 Å². The second kappa shape index (κ2) is 7.31. The van der Waals surface area contributed by atoms with Crippen LogP contribution in [0.5, 0.6) is 5.75 Å². The second-order valence-electron chi connectivity index (χ2n) is 4.66. The number of thioether (sulfide) groups is 1. The molecule has 1 N–H and O–H groups in total. The SMILES string of the molecule is O=C(CSc1nc2ccccc2o1)Nc1ccccc1OC(F)F. The van der Waals surface area contributed by atoms with E-state index in [1.807, 2.05) is 12.1 Å². The maximum absolute atomic E-state index is 12.3. The average molecular weight is 350 g/mol. The Morgan fingerprint density at radius 3 is 2.75 bits per heavy atom. The Morgan fingerprint density at radius 2 is 1.96 bits per heavy atom.